The average molecular weight is 369 g/mol. The van der Waals surface area contributed by atoms with E-state index in [0.717, 1.165) is 4.90 Å². The van der Waals surface area contributed by atoms with Crippen LogP contribution < -0.4 is 10.3 Å². The molecule has 0 saturated heterocycles. The summed E-state index contributed by atoms with van der Waals surface area (Å²) < 4.78 is 3.05. The molecule has 2 heterocycles. The molecule has 3 aromatic rings. The number of carboxylic acid groups (broad SMARTS) is 1. The number of hydrogen-bond acceptors (Lipinski definition) is 5. The molecule has 1 atom stereocenters. The second-order valence-corrected chi connectivity index (χ2v) is 5.91. The molecule has 2 aromatic heterocycles. The van der Waals surface area contributed by atoms with Crippen molar-refractivity contribution in [2.45, 2.75) is 13.0 Å². The Bertz CT molecular complexity index is 1030. The molecule has 0 saturated carbocycles. The molecule has 0 fully saturated rings. The van der Waals surface area contributed by atoms with Gasteiger partial charge in [-0.25, -0.2) is 9.48 Å². The SMILES string of the molecule is CCN(C(=O)O)c1cccc(C(O)c2nn(-c3cnn(C)c3)ccc2=O)c1. The summed E-state index contributed by atoms with van der Waals surface area (Å²) >= 11 is 0. The first-order valence-electron chi connectivity index (χ1n) is 8.28. The molecule has 0 spiro atoms. The predicted molar refractivity (Wildman–Crippen MR) is 98.1 cm³/mol. The van der Waals surface area contributed by atoms with E-state index in [1.54, 1.807) is 49.2 Å². The normalized spacial score (nSPS) is 12.0. The molecule has 0 aliphatic heterocycles. The highest BCUT2D eigenvalue weighted by Crippen LogP contribution is 2.23. The zero-order valence-corrected chi connectivity index (χ0v) is 14.9. The van der Waals surface area contributed by atoms with Gasteiger partial charge < -0.3 is 10.2 Å². The van der Waals surface area contributed by atoms with Crippen molar-refractivity contribution in [3.63, 3.8) is 0 Å². The predicted octanol–water partition coefficient (Wildman–Crippen LogP) is 1.55. The van der Waals surface area contributed by atoms with Crippen molar-refractivity contribution in [1.82, 2.24) is 19.6 Å². The van der Waals surface area contributed by atoms with Crippen LogP contribution in [0.2, 0.25) is 0 Å². The molecule has 1 unspecified atom stereocenters. The average Bonchev–Trinajstić information content (AvgIpc) is 3.08. The van der Waals surface area contributed by atoms with E-state index in [-0.39, 0.29) is 12.2 Å². The van der Waals surface area contributed by atoms with Crippen molar-refractivity contribution in [2.24, 2.45) is 7.05 Å². The van der Waals surface area contributed by atoms with E-state index >= 15 is 0 Å². The van der Waals surface area contributed by atoms with Gasteiger partial charge in [-0.05, 0) is 24.6 Å². The molecule has 3 rings (SSSR count). The highest BCUT2D eigenvalue weighted by Gasteiger charge is 2.19. The Morgan fingerprint density at radius 2 is 2.11 bits per heavy atom. The van der Waals surface area contributed by atoms with Gasteiger partial charge in [-0.15, -0.1) is 0 Å². The minimum absolute atomic E-state index is 0.0584. The van der Waals surface area contributed by atoms with Crippen molar-refractivity contribution in [3.05, 3.63) is 70.4 Å². The topological polar surface area (TPSA) is 113 Å². The third kappa shape index (κ3) is 3.72. The minimum Gasteiger partial charge on any atom is -0.465 e. The Hall–Kier alpha value is -3.46. The van der Waals surface area contributed by atoms with Gasteiger partial charge in [-0.1, -0.05) is 12.1 Å². The fourth-order valence-corrected chi connectivity index (χ4v) is 2.73. The Labute approximate surface area is 154 Å². The summed E-state index contributed by atoms with van der Waals surface area (Å²) in [5.41, 5.74) is 0.948. The van der Waals surface area contributed by atoms with Gasteiger partial charge in [0.25, 0.3) is 0 Å². The van der Waals surface area contributed by atoms with Gasteiger partial charge in [0.1, 0.15) is 17.5 Å². The van der Waals surface area contributed by atoms with Gasteiger partial charge >= 0.3 is 6.09 Å². The standard InChI is InChI=1S/C18H19N5O4/c1-3-22(18(26)27)13-6-4-5-12(9-13)17(25)16-15(24)7-8-23(20-16)14-10-19-21(2)11-14/h4-11,17,25H,3H2,1-2H3,(H,26,27). The van der Waals surface area contributed by atoms with Crippen molar-refractivity contribution in [1.29, 1.82) is 0 Å². The minimum atomic E-state index is -1.30. The van der Waals surface area contributed by atoms with Gasteiger partial charge in [-0.3, -0.25) is 14.4 Å². The van der Waals surface area contributed by atoms with Gasteiger partial charge in [0.05, 0.1) is 12.4 Å². The molecule has 27 heavy (non-hydrogen) atoms. The van der Waals surface area contributed by atoms with Gasteiger partial charge in [-0.2, -0.15) is 10.2 Å². The first kappa shape index (κ1) is 18.3. The van der Waals surface area contributed by atoms with E-state index in [0.29, 0.717) is 16.9 Å². The van der Waals surface area contributed by atoms with Crippen LogP contribution in [-0.2, 0) is 7.05 Å². The summed E-state index contributed by atoms with van der Waals surface area (Å²) in [5.74, 6) is 0. The maximum absolute atomic E-state index is 12.2. The summed E-state index contributed by atoms with van der Waals surface area (Å²) in [6.45, 7) is 1.97. The van der Waals surface area contributed by atoms with Crippen LogP contribution in [0.15, 0.2) is 53.7 Å². The van der Waals surface area contributed by atoms with Gasteiger partial charge in [0, 0.05) is 31.5 Å². The Balaban J connectivity index is 2.00. The first-order chi connectivity index (χ1) is 12.9. The van der Waals surface area contributed by atoms with Crippen molar-refractivity contribution < 1.29 is 15.0 Å². The van der Waals surface area contributed by atoms with Gasteiger partial charge in [0.15, 0.2) is 0 Å². The number of rotatable bonds is 5. The smallest absolute Gasteiger partial charge is 0.411 e. The van der Waals surface area contributed by atoms with Crippen LogP contribution in [0.1, 0.15) is 24.3 Å². The summed E-state index contributed by atoms with van der Waals surface area (Å²) in [4.78, 5) is 24.7. The number of aliphatic hydroxyl groups excluding tert-OH is 1. The van der Waals surface area contributed by atoms with E-state index in [2.05, 4.69) is 10.2 Å². The van der Waals surface area contributed by atoms with Crippen LogP contribution in [0, 0.1) is 0 Å². The zero-order valence-electron chi connectivity index (χ0n) is 14.9. The Kier molecular flexibility index (Phi) is 5.04. The monoisotopic (exact) mass is 369 g/mol. The number of aromatic nitrogens is 4. The second kappa shape index (κ2) is 7.42. The molecule has 0 bridgehead atoms. The van der Waals surface area contributed by atoms with Crippen LogP contribution in [-0.4, -0.2) is 42.4 Å². The summed E-state index contributed by atoms with van der Waals surface area (Å²) in [6.07, 6.45) is 2.41. The van der Waals surface area contributed by atoms with E-state index in [1.165, 1.54) is 23.0 Å². The molecular formula is C18H19N5O4. The van der Waals surface area contributed by atoms with Crippen LogP contribution in [0.4, 0.5) is 10.5 Å². The zero-order chi connectivity index (χ0) is 19.6. The van der Waals surface area contributed by atoms with E-state index in [9.17, 15) is 19.8 Å². The summed E-state index contributed by atoms with van der Waals surface area (Å²) in [7, 11) is 1.76. The molecule has 0 aliphatic carbocycles. The number of carbonyl (C=O) groups is 1. The summed E-state index contributed by atoms with van der Waals surface area (Å²) in [6, 6.07) is 7.72. The number of aryl methyl sites for hydroxylation is 1. The second-order valence-electron chi connectivity index (χ2n) is 5.91. The largest absolute Gasteiger partial charge is 0.465 e. The quantitative estimate of drug-likeness (QED) is 0.705. The molecule has 1 aromatic carbocycles. The molecule has 0 aliphatic rings. The number of amides is 1. The highest BCUT2D eigenvalue weighted by atomic mass is 16.4. The maximum atomic E-state index is 12.2. The number of benzene rings is 1. The van der Waals surface area contributed by atoms with E-state index in [4.69, 9.17) is 0 Å². The maximum Gasteiger partial charge on any atom is 0.411 e. The molecule has 2 N–H and O–H groups in total. The van der Waals surface area contributed by atoms with Crippen LogP contribution in [0.25, 0.3) is 5.69 Å². The Morgan fingerprint density at radius 3 is 2.74 bits per heavy atom. The van der Waals surface area contributed by atoms with Crippen LogP contribution in [0.3, 0.4) is 0 Å². The number of nitrogens with zero attached hydrogens (tertiary/aromatic N) is 5. The van der Waals surface area contributed by atoms with Crippen LogP contribution >= 0.6 is 0 Å². The Morgan fingerprint density at radius 1 is 1.33 bits per heavy atom. The number of anilines is 1. The third-order valence-electron chi connectivity index (χ3n) is 4.09. The molecule has 140 valence electrons. The lowest BCUT2D eigenvalue weighted by molar-refractivity contribution is 0.202. The van der Waals surface area contributed by atoms with Gasteiger partial charge in [0.2, 0.25) is 5.43 Å². The fraction of sp³-hybridized carbons (Fsp3) is 0.222. The highest BCUT2D eigenvalue weighted by molar-refractivity contribution is 5.86. The van der Waals surface area contributed by atoms with E-state index in [1.807, 2.05) is 0 Å². The number of hydrogen-bond donors (Lipinski definition) is 2. The third-order valence-corrected chi connectivity index (χ3v) is 4.09. The number of aliphatic hydroxyl groups is 1. The lowest BCUT2D eigenvalue weighted by atomic mass is 10.0. The van der Waals surface area contributed by atoms with Crippen molar-refractivity contribution >= 4 is 11.8 Å². The molecular weight excluding hydrogens is 350 g/mol. The molecule has 1 amide bonds. The van der Waals surface area contributed by atoms with Crippen molar-refractivity contribution in [3.8, 4) is 5.69 Å². The molecule has 9 nitrogen and oxygen atoms in total. The van der Waals surface area contributed by atoms with Crippen LogP contribution in [0.5, 0.6) is 0 Å². The summed E-state index contributed by atoms with van der Waals surface area (Å²) in [5, 5.41) is 28.3. The first-order valence-corrected chi connectivity index (χ1v) is 8.28. The lowest BCUT2D eigenvalue weighted by Crippen LogP contribution is -2.28. The fourth-order valence-electron chi connectivity index (χ4n) is 2.73. The molecule has 9 heteroatoms. The lowest BCUT2D eigenvalue weighted by Gasteiger charge is -2.19. The van der Waals surface area contributed by atoms with Crippen molar-refractivity contribution in [2.75, 3.05) is 11.4 Å². The van der Waals surface area contributed by atoms with E-state index < -0.39 is 17.6 Å². The molecule has 0 radical (unpaired) electrons.